The van der Waals surface area contributed by atoms with Crippen LogP contribution in [-0.2, 0) is 0 Å². The number of hydrazine groups is 1. The van der Waals surface area contributed by atoms with E-state index >= 15 is 0 Å². The third-order valence-electron chi connectivity index (χ3n) is 1.40. The van der Waals surface area contributed by atoms with Crippen LogP contribution in [0.5, 0.6) is 0 Å². The molecule has 0 aromatic heterocycles. The highest BCUT2D eigenvalue weighted by atomic mass is 16.4. The average Bonchev–Trinajstić information content (AvgIpc) is 2.04. The summed E-state index contributed by atoms with van der Waals surface area (Å²) in [6.07, 6.45) is -1.24. The van der Waals surface area contributed by atoms with Crippen molar-refractivity contribution in [2.45, 2.75) is 0 Å². The number of carbonyl (C=O) groups is 1. The molecule has 0 saturated carbocycles. The largest absolute Gasteiger partial charge is 0.464 e. The van der Waals surface area contributed by atoms with Crippen LogP contribution in [-0.4, -0.2) is 11.2 Å². The summed E-state index contributed by atoms with van der Waals surface area (Å²) in [5, 5.41) is 9.08. The number of hydrogen-bond donors (Lipinski definition) is 3. The predicted molar refractivity (Wildman–Crippen MR) is 45.5 cm³/mol. The summed E-state index contributed by atoms with van der Waals surface area (Å²) in [5.74, 6) is 5.19. The Hall–Kier alpha value is -1.75. The minimum Gasteiger partial charge on any atom is -0.464 e. The summed E-state index contributed by atoms with van der Waals surface area (Å²) in [7, 11) is 0. The highest BCUT2D eigenvalue weighted by molar-refractivity contribution is 5.88. The minimum atomic E-state index is -1.24. The first-order valence-corrected chi connectivity index (χ1v) is 3.25. The van der Waals surface area contributed by atoms with Crippen molar-refractivity contribution in [2.24, 2.45) is 5.84 Å². The molecule has 1 amide bonds. The van der Waals surface area contributed by atoms with Crippen molar-refractivity contribution in [1.29, 1.82) is 0 Å². The number of nitrogens with zero attached hydrogens (tertiary/aromatic N) is 1. The normalized spacial score (nSPS) is 9.42. The number of carboxylic acid groups (broad SMARTS) is 1. The standard InChI is InChI=1S/C7H9N3O2/c8-5-3-1-2-4-6(5)10(9)7(11)12/h1-4H,8-9H2,(H,11,12). The Balaban J connectivity index is 3.02. The third-order valence-corrected chi connectivity index (χ3v) is 1.40. The lowest BCUT2D eigenvalue weighted by Crippen LogP contribution is -2.36. The number of nitrogen functional groups attached to an aromatic ring is 1. The monoisotopic (exact) mass is 167 g/mol. The number of amides is 1. The summed E-state index contributed by atoms with van der Waals surface area (Å²) in [5.41, 5.74) is 6.09. The van der Waals surface area contributed by atoms with Crippen LogP contribution in [0.3, 0.4) is 0 Å². The van der Waals surface area contributed by atoms with Gasteiger partial charge in [-0.25, -0.2) is 15.6 Å². The van der Waals surface area contributed by atoms with E-state index in [0.717, 1.165) is 0 Å². The lowest BCUT2D eigenvalue weighted by Gasteiger charge is -2.13. The van der Waals surface area contributed by atoms with Crippen LogP contribution < -0.4 is 16.6 Å². The fourth-order valence-corrected chi connectivity index (χ4v) is 0.810. The molecule has 0 atom stereocenters. The van der Waals surface area contributed by atoms with Gasteiger partial charge in [-0.1, -0.05) is 12.1 Å². The van der Waals surface area contributed by atoms with Gasteiger partial charge in [0.05, 0.1) is 11.4 Å². The van der Waals surface area contributed by atoms with E-state index in [-0.39, 0.29) is 5.69 Å². The van der Waals surface area contributed by atoms with Crippen LogP contribution in [0.15, 0.2) is 24.3 Å². The van der Waals surface area contributed by atoms with Gasteiger partial charge in [0.1, 0.15) is 0 Å². The number of rotatable bonds is 1. The third kappa shape index (κ3) is 1.46. The van der Waals surface area contributed by atoms with Gasteiger partial charge in [0.2, 0.25) is 0 Å². The maximum atomic E-state index is 10.4. The summed E-state index contributed by atoms with van der Waals surface area (Å²) < 4.78 is 0. The average molecular weight is 167 g/mol. The van der Waals surface area contributed by atoms with Crippen LogP contribution in [0.25, 0.3) is 0 Å². The molecule has 1 aromatic rings. The Morgan fingerprint density at radius 1 is 1.42 bits per heavy atom. The van der Waals surface area contributed by atoms with E-state index < -0.39 is 6.09 Å². The molecule has 0 radical (unpaired) electrons. The molecule has 0 heterocycles. The number of benzene rings is 1. The van der Waals surface area contributed by atoms with Crippen molar-refractivity contribution in [3.63, 3.8) is 0 Å². The van der Waals surface area contributed by atoms with Gasteiger partial charge >= 0.3 is 6.09 Å². The summed E-state index contributed by atoms with van der Waals surface area (Å²) in [6.45, 7) is 0. The van der Waals surface area contributed by atoms with Crippen LogP contribution in [0.2, 0.25) is 0 Å². The van der Waals surface area contributed by atoms with Crippen LogP contribution >= 0.6 is 0 Å². The van der Waals surface area contributed by atoms with Gasteiger partial charge in [-0.2, -0.15) is 0 Å². The number of anilines is 2. The van der Waals surface area contributed by atoms with Crippen molar-refractivity contribution < 1.29 is 9.90 Å². The van der Waals surface area contributed by atoms with Crippen LogP contribution in [0.4, 0.5) is 16.2 Å². The summed E-state index contributed by atoms with van der Waals surface area (Å²) >= 11 is 0. The molecule has 64 valence electrons. The molecular formula is C7H9N3O2. The van der Waals surface area contributed by atoms with E-state index in [1.165, 1.54) is 6.07 Å². The molecule has 0 spiro atoms. The highest BCUT2D eigenvalue weighted by Gasteiger charge is 2.10. The van der Waals surface area contributed by atoms with Crippen molar-refractivity contribution >= 4 is 17.5 Å². The molecular weight excluding hydrogens is 158 g/mol. The molecule has 0 bridgehead atoms. The molecule has 5 heteroatoms. The lowest BCUT2D eigenvalue weighted by molar-refractivity contribution is 0.202. The van der Waals surface area contributed by atoms with Gasteiger partial charge in [0.25, 0.3) is 0 Å². The first-order valence-electron chi connectivity index (χ1n) is 3.25. The van der Waals surface area contributed by atoms with Crippen LogP contribution in [0, 0.1) is 0 Å². The maximum absolute atomic E-state index is 10.4. The number of nitrogens with two attached hydrogens (primary N) is 2. The van der Waals surface area contributed by atoms with E-state index in [0.29, 0.717) is 10.7 Å². The minimum absolute atomic E-state index is 0.282. The van der Waals surface area contributed by atoms with Gasteiger partial charge in [-0.15, -0.1) is 0 Å². The fourth-order valence-electron chi connectivity index (χ4n) is 0.810. The SMILES string of the molecule is Nc1ccccc1N(N)C(=O)O. The Kier molecular flexibility index (Phi) is 2.16. The Morgan fingerprint density at radius 3 is 2.50 bits per heavy atom. The summed E-state index contributed by atoms with van der Waals surface area (Å²) in [6, 6.07) is 6.48. The molecule has 0 fully saturated rings. The van der Waals surface area contributed by atoms with Crippen molar-refractivity contribution in [2.75, 3.05) is 10.7 Å². The zero-order chi connectivity index (χ0) is 9.14. The number of hydrogen-bond acceptors (Lipinski definition) is 3. The number of para-hydroxylation sites is 2. The molecule has 0 aliphatic carbocycles. The molecule has 1 aromatic carbocycles. The fraction of sp³-hybridized carbons (Fsp3) is 0. The Bertz CT molecular complexity index is 300. The van der Waals surface area contributed by atoms with Gasteiger partial charge in [0, 0.05) is 0 Å². The first-order chi connectivity index (χ1) is 5.63. The van der Waals surface area contributed by atoms with Gasteiger partial charge in [-0.05, 0) is 12.1 Å². The maximum Gasteiger partial charge on any atom is 0.426 e. The molecule has 0 aliphatic heterocycles. The molecule has 5 nitrogen and oxygen atoms in total. The molecule has 0 saturated heterocycles. The van der Waals surface area contributed by atoms with E-state index in [1.807, 2.05) is 0 Å². The van der Waals surface area contributed by atoms with Crippen molar-refractivity contribution in [3.8, 4) is 0 Å². The van der Waals surface area contributed by atoms with Gasteiger partial charge < -0.3 is 10.8 Å². The zero-order valence-electron chi connectivity index (χ0n) is 6.27. The van der Waals surface area contributed by atoms with E-state index in [9.17, 15) is 4.79 Å². The molecule has 12 heavy (non-hydrogen) atoms. The Morgan fingerprint density at radius 2 is 2.00 bits per heavy atom. The van der Waals surface area contributed by atoms with Crippen LogP contribution in [0.1, 0.15) is 0 Å². The predicted octanol–water partition coefficient (Wildman–Crippen LogP) is 0.627. The molecule has 1 rings (SSSR count). The second-order valence-corrected chi connectivity index (χ2v) is 2.21. The van der Waals surface area contributed by atoms with E-state index in [2.05, 4.69) is 0 Å². The smallest absolute Gasteiger partial charge is 0.426 e. The quantitative estimate of drug-likeness (QED) is 0.247. The zero-order valence-corrected chi connectivity index (χ0v) is 6.27. The Labute approximate surface area is 69.2 Å². The van der Waals surface area contributed by atoms with E-state index in [4.69, 9.17) is 16.7 Å². The van der Waals surface area contributed by atoms with Crippen molar-refractivity contribution in [3.05, 3.63) is 24.3 Å². The second-order valence-electron chi connectivity index (χ2n) is 2.21. The van der Waals surface area contributed by atoms with Crippen molar-refractivity contribution in [1.82, 2.24) is 0 Å². The molecule has 0 aliphatic rings. The highest BCUT2D eigenvalue weighted by Crippen LogP contribution is 2.19. The lowest BCUT2D eigenvalue weighted by atomic mass is 10.3. The van der Waals surface area contributed by atoms with Gasteiger partial charge in [0.15, 0.2) is 0 Å². The molecule has 5 N–H and O–H groups in total. The first kappa shape index (κ1) is 8.35. The topological polar surface area (TPSA) is 92.6 Å². The van der Waals surface area contributed by atoms with E-state index in [1.54, 1.807) is 18.2 Å². The summed E-state index contributed by atoms with van der Waals surface area (Å²) in [4.78, 5) is 10.4. The second kappa shape index (κ2) is 3.10. The van der Waals surface area contributed by atoms with Gasteiger partial charge in [-0.3, -0.25) is 0 Å². The molecule has 0 unspecified atom stereocenters.